The molecule has 2 aliphatic carbocycles. The molecule has 2 aliphatic rings. The van der Waals surface area contributed by atoms with Crippen molar-refractivity contribution in [3.63, 3.8) is 0 Å². The first-order valence-corrected chi connectivity index (χ1v) is 10.5. The number of carbonyl (C=O) groups excluding carboxylic acids is 2. The molecule has 0 bridgehead atoms. The molecule has 7 heteroatoms. The van der Waals surface area contributed by atoms with Crippen molar-refractivity contribution in [1.29, 1.82) is 0 Å². The first kappa shape index (κ1) is 19.9. The average Bonchev–Trinajstić information content (AvgIpc) is 2.96. The fourth-order valence-electron chi connectivity index (χ4n) is 4.12. The van der Waals surface area contributed by atoms with Gasteiger partial charge in [0.15, 0.2) is 5.78 Å². The minimum Gasteiger partial charge on any atom is -0.358 e. The van der Waals surface area contributed by atoms with Gasteiger partial charge in [-0.1, -0.05) is 55.0 Å². The van der Waals surface area contributed by atoms with Gasteiger partial charge in [-0.25, -0.2) is 0 Å². The summed E-state index contributed by atoms with van der Waals surface area (Å²) in [6.45, 7) is 0. The summed E-state index contributed by atoms with van der Waals surface area (Å²) >= 11 is 12.1. The summed E-state index contributed by atoms with van der Waals surface area (Å²) in [5.74, 6) is -0.175. The van der Waals surface area contributed by atoms with Crippen molar-refractivity contribution in [2.75, 3.05) is 10.6 Å². The minimum atomic E-state index is -0.405. The summed E-state index contributed by atoms with van der Waals surface area (Å²) in [7, 11) is 0. The van der Waals surface area contributed by atoms with Crippen LogP contribution in [0, 0.1) is 5.41 Å². The molecule has 0 atom stereocenters. The smallest absolute Gasteiger partial charge is 0.258 e. The second kappa shape index (κ2) is 8.17. The van der Waals surface area contributed by atoms with E-state index in [0.717, 1.165) is 37.1 Å². The second-order valence-electron chi connectivity index (χ2n) is 7.56. The molecule has 5 nitrogen and oxygen atoms in total. The molecule has 0 aliphatic heterocycles. The zero-order valence-corrected chi connectivity index (χ0v) is 17.3. The molecule has 1 fully saturated rings. The van der Waals surface area contributed by atoms with Gasteiger partial charge in [0.25, 0.3) is 5.91 Å². The van der Waals surface area contributed by atoms with Crippen LogP contribution in [0.2, 0.25) is 10.0 Å². The van der Waals surface area contributed by atoms with Gasteiger partial charge in [0.1, 0.15) is 0 Å². The van der Waals surface area contributed by atoms with E-state index in [4.69, 9.17) is 23.2 Å². The van der Waals surface area contributed by atoms with Crippen molar-refractivity contribution in [2.24, 2.45) is 5.41 Å². The number of allylic oxidation sites excluding steroid dienone is 2. The Balaban J connectivity index is 1.50. The Morgan fingerprint density at radius 2 is 1.66 bits per heavy atom. The van der Waals surface area contributed by atoms with Crippen LogP contribution in [0.15, 0.2) is 48.4 Å². The van der Waals surface area contributed by atoms with E-state index < -0.39 is 5.91 Å². The van der Waals surface area contributed by atoms with Crippen LogP contribution in [-0.4, -0.2) is 16.7 Å². The molecule has 0 saturated heterocycles. The third-order valence-corrected chi connectivity index (χ3v) is 6.27. The Hall–Kier alpha value is -2.37. The van der Waals surface area contributed by atoms with Gasteiger partial charge in [-0.15, -0.1) is 0 Å². The van der Waals surface area contributed by atoms with Crippen molar-refractivity contribution in [3.05, 3.63) is 64.0 Å². The molecule has 1 saturated carbocycles. The number of carbonyl (C=O) groups is 2. The summed E-state index contributed by atoms with van der Waals surface area (Å²) in [4.78, 5) is 28.8. The van der Waals surface area contributed by atoms with E-state index in [2.05, 4.69) is 15.6 Å². The van der Waals surface area contributed by atoms with Crippen LogP contribution in [0.3, 0.4) is 0 Å². The molecule has 0 unspecified atom stereocenters. The molecular weight excluding hydrogens is 409 g/mol. The molecular formula is C22H21Cl2N3O2. The van der Waals surface area contributed by atoms with E-state index >= 15 is 0 Å². The lowest BCUT2D eigenvalue weighted by atomic mass is 9.66. The minimum absolute atomic E-state index is 0.186. The predicted molar refractivity (Wildman–Crippen MR) is 115 cm³/mol. The first-order valence-electron chi connectivity index (χ1n) is 9.74. The van der Waals surface area contributed by atoms with E-state index in [9.17, 15) is 9.59 Å². The summed E-state index contributed by atoms with van der Waals surface area (Å²) < 4.78 is 0. The number of rotatable bonds is 4. The maximum Gasteiger partial charge on any atom is 0.258 e. The SMILES string of the molecule is O=C(Nc1cccc(NC2=CC(=O)C23CCCCCC3)c1)c1c(Cl)cncc1Cl. The topological polar surface area (TPSA) is 71.1 Å². The van der Waals surface area contributed by atoms with Gasteiger partial charge in [0.2, 0.25) is 0 Å². The van der Waals surface area contributed by atoms with Crippen LogP contribution in [0.4, 0.5) is 11.4 Å². The molecule has 4 rings (SSSR count). The molecule has 1 aromatic carbocycles. The fourth-order valence-corrected chi connectivity index (χ4v) is 4.65. The van der Waals surface area contributed by atoms with Crippen LogP contribution in [0.5, 0.6) is 0 Å². The van der Waals surface area contributed by atoms with Gasteiger partial charge >= 0.3 is 0 Å². The second-order valence-corrected chi connectivity index (χ2v) is 8.37. The van der Waals surface area contributed by atoms with Gasteiger partial charge in [-0.05, 0) is 31.0 Å². The molecule has 2 N–H and O–H groups in total. The molecule has 2 aromatic rings. The number of hydrogen-bond acceptors (Lipinski definition) is 4. The molecule has 1 amide bonds. The number of aromatic nitrogens is 1. The van der Waals surface area contributed by atoms with Crippen LogP contribution >= 0.6 is 23.2 Å². The maximum atomic E-state index is 12.6. The van der Waals surface area contributed by atoms with Crippen LogP contribution < -0.4 is 10.6 Å². The summed E-state index contributed by atoms with van der Waals surface area (Å²) in [5, 5.41) is 6.60. The third-order valence-electron chi connectivity index (χ3n) is 5.70. The molecule has 1 spiro atoms. The molecule has 29 heavy (non-hydrogen) atoms. The lowest BCUT2D eigenvalue weighted by molar-refractivity contribution is -0.125. The normalized spacial score (nSPS) is 17.9. The van der Waals surface area contributed by atoms with Crippen molar-refractivity contribution in [1.82, 2.24) is 4.98 Å². The van der Waals surface area contributed by atoms with Gasteiger partial charge in [0, 0.05) is 35.5 Å². The largest absolute Gasteiger partial charge is 0.358 e. The maximum absolute atomic E-state index is 12.6. The number of anilines is 2. The van der Waals surface area contributed by atoms with E-state index in [-0.39, 0.29) is 26.8 Å². The molecule has 1 aromatic heterocycles. The molecule has 0 radical (unpaired) electrons. The van der Waals surface area contributed by atoms with Crippen molar-refractivity contribution in [2.45, 2.75) is 38.5 Å². The quantitative estimate of drug-likeness (QED) is 0.638. The average molecular weight is 430 g/mol. The van der Waals surface area contributed by atoms with Crippen molar-refractivity contribution < 1.29 is 9.59 Å². The van der Waals surface area contributed by atoms with Gasteiger partial charge in [0.05, 0.1) is 21.0 Å². The standard InChI is InChI=1S/C22H21Cl2N3O2/c23-16-12-25-13-17(24)20(16)21(29)27-15-7-5-6-14(10-15)26-18-11-19(28)22(18)8-3-1-2-4-9-22/h5-7,10-13,26H,1-4,8-9H2,(H,27,29). The van der Waals surface area contributed by atoms with Gasteiger partial charge in [-0.2, -0.15) is 0 Å². The van der Waals surface area contributed by atoms with Gasteiger partial charge in [-0.3, -0.25) is 14.6 Å². The first-order chi connectivity index (χ1) is 14.0. The highest BCUT2D eigenvalue weighted by molar-refractivity contribution is 6.40. The number of nitrogens with one attached hydrogen (secondary N) is 2. The number of amides is 1. The monoisotopic (exact) mass is 429 g/mol. The zero-order valence-electron chi connectivity index (χ0n) is 15.8. The zero-order chi connectivity index (χ0) is 20.4. The van der Waals surface area contributed by atoms with Crippen LogP contribution in [-0.2, 0) is 4.79 Å². The van der Waals surface area contributed by atoms with Crippen molar-refractivity contribution >= 4 is 46.3 Å². The Kier molecular flexibility index (Phi) is 5.61. The Morgan fingerprint density at radius 1 is 1.00 bits per heavy atom. The fraction of sp³-hybridized carbons (Fsp3) is 0.318. The Bertz CT molecular complexity index is 975. The number of pyridine rings is 1. The predicted octanol–water partition coefficient (Wildman–Crippen LogP) is 5.86. The van der Waals surface area contributed by atoms with Crippen LogP contribution in [0.25, 0.3) is 0 Å². The summed E-state index contributed by atoms with van der Waals surface area (Å²) in [5.41, 5.74) is 2.23. The lowest BCUT2D eigenvalue weighted by Gasteiger charge is -2.40. The highest BCUT2D eigenvalue weighted by Gasteiger charge is 2.47. The number of ketones is 1. The number of hydrogen-bond donors (Lipinski definition) is 2. The number of halogens is 2. The highest BCUT2D eigenvalue weighted by Crippen LogP contribution is 2.48. The Morgan fingerprint density at radius 3 is 2.31 bits per heavy atom. The Labute approximate surface area is 179 Å². The van der Waals surface area contributed by atoms with E-state index in [1.807, 2.05) is 18.2 Å². The summed E-state index contributed by atoms with van der Waals surface area (Å²) in [6.07, 6.45) is 10.8. The van der Waals surface area contributed by atoms with Crippen LogP contribution in [0.1, 0.15) is 48.9 Å². The molecule has 150 valence electrons. The number of nitrogens with zero attached hydrogens (tertiary/aromatic N) is 1. The highest BCUT2D eigenvalue weighted by atomic mass is 35.5. The molecule has 1 heterocycles. The number of benzene rings is 1. The van der Waals surface area contributed by atoms with E-state index in [1.165, 1.54) is 25.2 Å². The third kappa shape index (κ3) is 3.89. The van der Waals surface area contributed by atoms with Crippen molar-refractivity contribution in [3.8, 4) is 0 Å². The summed E-state index contributed by atoms with van der Waals surface area (Å²) in [6, 6.07) is 7.37. The lowest BCUT2D eigenvalue weighted by Crippen LogP contribution is -2.42. The van der Waals surface area contributed by atoms with E-state index in [1.54, 1.807) is 12.1 Å². The van der Waals surface area contributed by atoms with E-state index in [0.29, 0.717) is 5.69 Å². The van der Waals surface area contributed by atoms with Gasteiger partial charge < -0.3 is 10.6 Å².